The quantitative estimate of drug-likeness (QED) is 0.846. The highest BCUT2D eigenvalue weighted by atomic mass is 16.4. The molecule has 1 heterocycles. The van der Waals surface area contributed by atoms with Gasteiger partial charge in [0.05, 0.1) is 11.6 Å². The Kier molecular flexibility index (Phi) is 3.60. The topological polar surface area (TPSA) is 66.7 Å². The summed E-state index contributed by atoms with van der Waals surface area (Å²) in [6.45, 7) is 3.63. The molecule has 0 spiro atoms. The minimum Gasteiger partial charge on any atom is -0.477 e. The van der Waals surface area contributed by atoms with E-state index in [-0.39, 0.29) is 17.1 Å². The number of hydrogen-bond donors (Lipinski definition) is 1. The molecule has 1 atom stereocenters. The lowest BCUT2D eigenvalue weighted by Crippen LogP contribution is -2.30. The summed E-state index contributed by atoms with van der Waals surface area (Å²) in [5, 5.41) is 9.29. The molecule has 1 aliphatic heterocycles. The highest BCUT2D eigenvalue weighted by Gasteiger charge is 2.34. The molecule has 4 nitrogen and oxygen atoms in total. The summed E-state index contributed by atoms with van der Waals surface area (Å²) in [7, 11) is 0. The summed E-state index contributed by atoms with van der Waals surface area (Å²) in [5.41, 5.74) is 1.39. The number of carboxylic acids is 1. The maximum absolute atomic E-state index is 12.3. The number of rotatable bonds is 3. The Morgan fingerprint density at radius 2 is 1.95 bits per heavy atom. The first-order chi connectivity index (χ1) is 9.06. The molecule has 98 valence electrons. The standard InChI is InChI=1S/C15H15NO3/c1-3-11-9(2)16-13(10-7-5-4-6-8-10)12(14(11)17)15(18)19/h4-8,11H,3H2,1-2H3,(H,18,19). The van der Waals surface area contributed by atoms with E-state index >= 15 is 0 Å². The zero-order valence-corrected chi connectivity index (χ0v) is 10.9. The highest BCUT2D eigenvalue weighted by molar-refractivity contribution is 6.30. The first-order valence-corrected chi connectivity index (χ1v) is 6.18. The van der Waals surface area contributed by atoms with Crippen molar-refractivity contribution in [2.75, 3.05) is 0 Å². The van der Waals surface area contributed by atoms with Crippen LogP contribution in [0.2, 0.25) is 0 Å². The molecular weight excluding hydrogens is 242 g/mol. The zero-order valence-electron chi connectivity index (χ0n) is 10.9. The molecule has 1 unspecified atom stereocenters. The van der Waals surface area contributed by atoms with Gasteiger partial charge in [0, 0.05) is 11.3 Å². The molecule has 2 rings (SSSR count). The first kappa shape index (κ1) is 13.2. The van der Waals surface area contributed by atoms with Crippen molar-refractivity contribution in [1.29, 1.82) is 0 Å². The Hall–Kier alpha value is -2.23. The minimum atomic E-state index is -1.21. The molecule has 1 aromatic carbocycles. The number of ketones is 1. The van der Waals surface area contributed by atoms with Crippen molar-refractivity contribution in [3.63, 3.8) is 0 Å². The summed E-state index contributed by atoms with van der Waals surface area (Å²) < 4.78 is 0. The van der Waals surface area contributed by atoms with E-state index in [1.807, 2.05) is 13.0 Å². The minimum absolute atomic E-state index is 0.205. The number of benzene rings is 1. The molecule has 0 aliphatic carbocycles. The van der Waals surface area contributed by atoms with Crippen LogP contribution in [-0.4, -0.2) is 22.6 Å². The number of hydrogen-bond acceptors (Lipinski definition) is 3. The summed E-state index contributed by atoms with van der Waals surface area (Å²) >= 11 is 0. The molecule has 19 heavy (non-hydrogen) atoms. The number of carbonyl (C=O) groups excluding carboxylic acids is 1. The van der Waals surface area contributed by atoms with Crippen LogP contribution < -0.4 is 0 Å². The maximum Gasteiger partial charge on any atom is 0.341 e. The van der Waals surface area contributed by atoms with Gasteiger partial charge >= 0.3 is 5.97 Å². The second-order valence-electron chi connectivity index (χ2n) is 4.47. The normalized spacial score (nSPS) is 19.4. The lowest BCUT2D eigenvalue weighted by Gasteiger charge is -2.21. The van der Waals surface area contributed by atoms with Gasteiger partial charge in [0.1, 0.15) is 5.57 Å². The van der Waals surface area contributed by atoms with Crippen LogP contribution in [-0.2, 0) is 9.59 Å². The van der Waals surface area contributed by atoms with Crippen molar-refractivity contribution >= 4 is 23.2 Å². The van der Waals surface area contributed by atoms with Gasteiger partial charge in [-0.15, -0.1) is 0 Å². The van der Waals surface area contributed by atoms with E-state index in [0.29, 0.717) is 17.7 Å². The number of carbonyl (C=O) groups is 2. The molecular formula is C15H15NO3. The molecule has 1 aromatic rings. The fraction of sp³-hybridized carbons (Fsp3) is 0.267. The molecule has 1 N–H and O–H groups in total. The van der Waals surface area contributed by atoms with Gasteiger partial charge in [0.25, 0.3) is 0 Å². The molecule has 4 heteroatoms. The van der Waals surface area contributed by atoms with E-state index in [2.05, 4.69) is 4.99 Å². The van der Waals surface area contributed by atoms with Crippen LogP contribution in [0.1, 0.15) is 25.8 Å². The molecule has 0 aromatic heterocycles. The average Bonchev–Trinajstić information content (AvgIpc) is 2.39. The smallest absolute Gasteiger partial charge is 0.341 e. The third-order valence-electron chi connectivity index (χ3n) is 3.26. The van der Waals surface area contributed by atoms with Crippen LogP contribution in [0.4, 0.5) is 0 Å². The Labute approximate surface area is 111 Å². The van der Waals surface area contributed by atoms with Crippen molar-refractivity contribution in [2.24, 2.45) is 10.9 Å². The van der Waals surface area contributed by atoms with E-state index in [0.717, 1.165) is 0 Å². The Morgan fingerprint density at radius 3 is 2.47 bits per heavy atom. The molecule has 0 amide bonds. The van der Waals surface area contributed by atoms with Crippen LogP contribution in [0.25, 0.3) is 5.70 Å². The van der Waals surface area contributed by atoms with Gasteiger partial charge in [-0.1, -0.05) is 37.3 Å². The summed E-state index contributed by atoms with van der Waals surface area (Å²) in [5.74, 6) is -1.97. The number of aliphatic carboxylic acids is 1. The van der Waals surface area contributed by atoms with Crippen LogP contribution in [0.3, 0.4) is 0 Å². The highest BCUT2D eigenvalue weighted by Crippen LogP contribution is 2.29. The molecule has 1 aliphatic rings. The molecule has 0 saturated carbocycles. The fourth-order valence-electron chi connectivity index (χ4n) is 2.28. The fourth-order valence-corrected chi connectivity index (χ4v) is 2.28. The van der Waals surface area contributed by atoms with Crippen LogP contribution in [0, 0.1) is 5.92 Å². The van der Waals surface area contributed by atoms with Crippen molar-refractivity contribution in [3.8, 4) is 0 Å². The van der Waals surface area contributed by atoms with Gasteiger partial charge in [0.2, 0.25) is 0 Å². The van der Waals surface area contributed by atoms with Gasteiger partial charge in [0.15, 0.2) is 5.78 Å². The Morgan fingerprint density at radius 1 is 1.32 bits per heavy atom. The number of carboxylic acid groups (broad SMARTS) is 1. The van der Waals surface area contributed by atoms with Crippen LogP contribution in [0.5, 0.6) is 0 Å². The van der Waals surface area contributed by atoms with Crippen molar-refractivity contribution in [2.45, 2.75) is 20.3 Å². The van der Waals surface area contributed by atoms with E-state index in [1.165, 1.54) is 0 Å². The third kappa shape index (κ3) is 2.34. The lowest BCUT2D eigenvalue weighted by atomic mass is 9.86. The second-order valence-corrected chi connectivity index (χ2v) is 4.47. The third-order valence-corrected chi connectivity index (χ3v) is 3.26. The van der Waals surface area contributed by atoms with Gasteiger partial charge in [-0.3, -0.25) is 9.79 Å². The SMILES string of the molecule is CCC1C(=O)C(C(=O)O)=C(c2ccccc2)N=C1C. The van der Waals surface area contributed by atoms with E-state index in [4.69, 9.17) is 0 Å². The predicted octanol–water partition coefficient (Wildman–Crippen LogP) is 2.55. The van der Waals surface area contributed by atoms with E-state index in [1.54, 1.807) is 31.2 Å². The van der Waals surface area contributed by atoms with Crippen molar-refractivity contribution < 1.29 is 14.7 Å². The zero-order chi connectivity index (χ0) is 14.0. The summed E-state index contributed by atoms with van der Waals surface area (Å²) in [6, 6.07) is 8.94. The number of nitrogens with zero attached hydrogens (tertiary/aromatic N) is 1. The summed E-state index contributed by atoms with van der Waals surface area (Å²) in [6.07, 6.45) is 0.563. The van der Waals surface area contributed by atoms with Crippen LogP contribution in [0.15, 0.2) is 40.9 Å². The van der Waals surface area contributed by atoms with Gasteiger partial charge in [-0.2, -0.15) is 0 Å². The number of Topliss-reactive ketones (excluding diaryl/α,β-unsaturated/α-hetero) is 1. The lowest BCUT2D eigenvalue weighted by molar-refractivity contribution is -0.134. The molecule has 0 fully saturated rings. The molecule has 0 radical (unpaired) electrons. The van der Waals surface area contributed by atoms with Gasteiger partial charge < -0.3 is 5.11 Å². The predicted molar refractivity (Wildman–Crippen MR) is 72.9 cm³/mol. The average molecular weight is 257 g/mol. The molecule has 0 bridgehead atoms. The van der Waals surface area contributed by atoms with E-state index in [9.17, 15) is 14.7 Å². The van der Waals surface area contributed by atoms with Gasteiger partial charge in [-0.25, -0.2) is 4.79 Å². The first-order valence-electron chi connectivity index (χ1n) is 6.18. The maximum atomic E-state index is 12.3. The van der Waals surface area contributed by atoms with Crippen molar-refractivity contribution in [1.82, 2.24) is 0 Å². The van der Waals surface area contributed by atoms with E-state index < -0.39 is 11.9 Å². The Balaban J connectivity index is 2.64. The van der Waals surface area contributed by atoms with Crippen LogP contribution >= 0.6 is 0 Å². The largest absolute Gasteiger partial charge is 0.477 e. The summed E-state index contributed by atoms with van der Waals surface area (Å²) in [4.78, 5) is 28.0. The Bertz CT molecular complexity index is 585. The van der Waals surface area contributed by atoms with Gasteiger partial charge in [-0.05, 0) is 13.3 Å². The monoisotopic (exact) mass is 257 g/mol. The second kappa shape index (κ2) is 5.18. The molecule has 0 saturated heterocycles. The van der Waals surface area contributed by atoms with Crippen molar-refractivity contribution in [3.05, 3.63) is 41.5 Å². The number of aliphatic imine (C=N–C) groups is 1.